The molecule has 120 valence electrons. The zero-order chi connectivity index (χ0) is 16.3. The molecule has 0 aromatic heterocycles. The van der Waals surface area contributed by atoms with Gasteiger partial charge in [-0.25, -0.2) is 14.4 Å². The normalized spacial score (nSPS) is 21.4. The highest BCUT2D eigenvalue weighted by molar-refractivity contribution is 9.10. The number of rotatable bonds is 3. The van der Waals surface area contributed by atoms with Crippen LogP contribution in [0.2, 0.25) is 0 Å². The van der Waals surface area contributed by atoms with E-state index in [1.165, 1.54) is 6.07 Å². The van der Waals surface area contributed by atoms with Gasteiger partial charge in [-0.1, -0.05) is 35.8 Å². The van der Waals surface area contributed by atoms with Crippen molar-refractivity contribution in [2.75, 3.05) is 14.2 Å². The van der Waals surface area contributed by atoms with Crippen molar-refractivity contribution in [3.8, 4) is 0 Å². The fourth-order valence-corrected chi connectivity index (χ4v) is 2.72. The molecule has 1 aliphatic heterocycles. The van der Waals surface area contributed by atoms with Crippen molar-refractivity contribution >= 4 is 27.7 Å². The van der Waals surface area contributed by atoms with Crippen LogP contribution in [0.4, 0.5) is 4.39 Å². The van der Waals surface area contributed by atoms with Gasteiger partial charge in [-0.3, -0.25) is 0 Å². The van der Waals surface area contributed by atoms with Gasteiger partial charge in [0.05, 0.1) is 14.2 Å². The van der Waals surface area contributed by atoms with E-state index in [9.17, 15) is 4.39 Å². The lowest BCUT2D eigenvalue weighted by Gasteiger charge is -2.27. The second kappa shape index (κ2) is 7.22. The summed E-state index contributed by atoms with van der Waals surface area (Å²) in [6.45, 7) is 4.09. The maximum atomic E-state index is 14.0. The monoisotopic (exact) mass is 370 g/mol. The van der Waals surface area contributed by atoms with Gasteiger partial charge in [0.2, 0.25) is 11.8 Å². The largest absolute Gasteiger partial charge is 0.483 e. The Hall–Kier alpha value is -1.43. The second-order valence-corrected chi connectivity index (χ2v) is 6.40. The van der Waals surface area contributed by atoms with E-state index < -0.39 is 0 Å². The summed E-state index contributed by atoms with van der Waals surface area (Å²) in [5.41, 5.74) is 0.570. The molecule has 0 spiro atoms. The van der Waals surface area contributed by atoms with E-state index in [4.69, 9.17) is 9.47 Å². The molecule has 0 amide bonds. The Bertz CT molecular complexity index is 602. The molecule has 2 rings (SSSR count). The van der Waals surface area contributed by atoms with Crippen molar-refractivity contribution in [3.05, 3.63) is 34.1 Å². The van der Waals surface area contributed by atoms with Crippen LogP contribution in [0.5, 0.6) is 0 Å². The molecule has 0 saturated heterocycles. The van der Waals surface area contributed by atoms with Gasteiger partial charge in [0.25, 0.3) is 0 Å². The molecule has 1 aromatic carbocycles. The minimum absolute atomic E-state index is 0.161. The Kier molecular flexibility index (Phi) is 5.56. The topological polar surface area (TPSA) is 43.2 Å². The van der Waals surface area contributed by atoms with Gasteiger partial charge < -0.3 is 9.47 Å². The van der Waals surface area contributed by atoms with Crippen molar-refractivity contribution in [2.24, 2.45) is 15.9 Å². The molecule has 2 atom stereocenters. The molecule has 22 heavy (non-hydrogen) atoms. The lowest BCUT2D eigenvalue weighted by atomic mass is 10.0. The van der Waals surface area contributed by atoms with E-state index >= 15 is 0 Å². The molecule has 6 heteroatoms. The number of nitrogens with zero attached hydrogens (tertiary/aromatic N) is 2. The highest BCUT2D eigenvalue weighted by atomic mass is 79.9. The van der Waals surface area contributed by atoms with Gasteiger partial charge in [0.15, 0.2) is 0 Å². The summed E-state index contributed by atoms with van der Waals surface area (Å²) in [6, 6.07) is 4.46. The predicted molar refractivity (Wildman–Crippen MR) is 89.1 cm³/mol. The third-order valence-corrected chi connectivity index (χ3v) is 4.06. The van der Waals surface area contributed by atoms with Crippen LogP contribution in [0.25, 0.3) is 0 Å². The summed E-state index contributed by atoms with van der Waals surface area (Å²) in [6.07, 6.45) is 0.378. The smallest absolute Gasteiger partial charge is 0.209 e. The molecule has 0 bridgehead atoms. The summed E-state index contributed by atoms with van der Waals surface area (Å²) >= 11 is 3.26. The third kappa shape index (κ3) is 3.66. The number of benzene rings is 1. The molecule has 4 nitrogen and oxygen atoms in total. The highest BCUT2D eigenvalue weighted by Gasteiger charge is 2.31. The van der Waals surface area contributed by atoms with E-state index in [0.717, 1.165) is 0 Å². The van der Waals surface area contributed by atoms with Crippen molar-refractivity contribution in [2.45, 2.75) is 32.4 Å². The minimum Gasteiger partial charge on any atom is -0.483 e. The maximum Gasteiger partial charge on any atom is 0.209 e. The van der Waals surface area contributed by atoms with Gasteiger partial charge in [0.1, 0.15) is 17.9 Å². The van der Waals surface area contributed by atoms with Gasteiger partial charge >= 0.3 is 0 Å². The lowest BCUT2D eigenvalue weighted by Crippen LogP contribution is -2.38. The second-order valence-electron chi connectivity index (χ2n) is 5.49. The van der Waals surface area contributed by atoms with Crippen LogP contribution in [0, 0.1) is 11.7 Å². The zero-order valence-electron chi connectivity index (χ0n) is 13.1. The van der Waals surface area contributed by atoms with Crippen LogP contribution in [0.1, 0.15) is 19.4 Å². The quantitative estimate of drug-likeness (QED) is 0.815. The number of hydrogen-bond donors (Lipinski definition) is 0. The van der Waals surface area contributed by atoms with Gasteiger partial charge in [0, 0.05) is 10.9 Å². The van der Waals surface area contributed by atoms with Gasteiger partial charge in [-0.15, -0.1) is 0 Å². The molecule has 1 aliphatic rings. The molecule has 1 unspecified atom stereocenters. The molecule has 0 saturated carbocycles. The first-order chi connectivity index (χ1) is 10.5. The number of methoxy groups -OCH3 is 2. The minimum atomic E-state index is -0.370. The Morgan fingerprint density at radius 2 is 1.86 bits per heavy atom. The first kappa shape index (κ1) is 16.9. The van der Waals surface area contributed by atoms with E-state index in [1.807, 2.05) is 19.9 Å². The molecule has 1 aromatic rings. The molecular weight excluding hydrogens is 351 g/mol. The molecule has 0 radical (unpaired) electrons. The molecular formula is C16H20BrFN2O2. The Morgan fingerprint density at radius 3 is 2.41 bits per heavy atom. The van der Waals surface area contributed by atoms with E-state index in [-0.39, 0.29) is 23.8 Å². The van der Waals surface area contributed by atoms with E-state index in [1.54, 1.807) is 20.3 Å². The van der Waals surface area contributed by atoms with E-state index in [2.05, 4.69) is 25.9 Å². The Labute approximate surface area is 138 Å². The SMILES string of the molecule is COC1=N[C@@H](Cc2ccc(Br)cc2F)C(OC)=NC1C(C)C. The first-order valence-corrected chi connectivity index (χ1v) is 7.92. The van der Waals surface area contributed by atoms with Crippen LogP contribution in [0.3, 0.4) is 0 Å². The zero-order valence-corrected chi connectivity index (χ0v) is 14.7. The van der Waals surface area contributed by atoms with Crippen molar-refractivity contribution in [3.63, 3.8) is 0 Å². The molecule has 1 heterocycles. The molecule has 0 N–H and O–H groups in total. The molecule has 0 aliphatic carbocycles. The first-order valence-electron chi connectivity index (χ1n) is 7.13. The lowest BCUT2D eigenvalue weighted by molar-refractivity contribution is 0.332. The van der Waals surface area contributed by atoms with Crippen molar-refractivity contribution in [1.82, 2.24) is 0 Å². The van der Waals surface area contributed by atoms with Crippen LogP contribution in [-0.4, -0.2) is 38.1 Å². The highest BCUT2D eigenvalue weighted by Crippen LogP contribution is 2.22. The number of halogens is 2. The van der Waals surface area contributed by atoms with Crippen LogP contribution in [0.15, 0.2) is 32.7 Å². The Morgan fingerprint density at radius 1 is 1.18 bits per heavy atom. The summed E-state index contributed by atoms with van der Waals surface area (Å²) in [4.78, 5) is 9.16. The fraction of sp³-hybridized carbons (Fsp3) is 0.500. The maximum absolute atomic E-state index is 14.0. The predicted octanol–water partition coefficient (Wildman–Crippen LogP) is 3.63. The number of ether oxygens (including phenoxy) is 2. The average molecular weight is 371 g/mol. The average Bonchev–Trinajstić information content (AvgIpc) is 2.49. The Balaban J connectivity index is 2.29. The number of hydrogen-bond acceptors (Lipinski definition) is 4. The summed E-state index contributed by atoms with van der Waals surface area (Å²) < 4.78 is 25.5. The van der Waals surface area contributed by atoms with Crippen molar-refractivity contribution < 1.29 is 13.9 Å². The number of aliphatic imine (C=N–C) groups is 2. The van der Waals surface area contributed by atoms with Crippen LogP contribution < -0.4 is 0 Å². The van der Waals surface area contributed by atoms with Gasteiger partial charge in [-0.05, 0) is 23.6 Å². The van der Waals surface area contributed by atoms with Crippen molar-refractivity contribution in [1.29, 1.82) is 0 Å². The fourth-order valence-electron chi connectivity index (χ4n) is 2.39. The summed E-state index contributed by atoms with van der Waals surface area (Å²) in [7, 11) is 3.15. The standard InChI is InChI=1S/C16H20BrFN2O2/c1-9(2)14-16(22-4)19-13(15(20-14)21-3)7-10-5-6-11(17)8-12(10)18/h5-6,8-9,13-14H,7H2,1-4H3/t13-,14?/m0/s1. The third-order valence-electron chi connectivity index (χ3n) is 3.57. The van der Waals surface area contributed by atoms with Gasteiger partial charge in [-0.2, -0.15) is 0 Å². The van der Waals surface area contributed by atoms with E-state index in [0.29, 0.717) is 28.3 Å². The van der Waals surface area contributed by atoms with Crippen LogP contribution >= 0.6 is 15.9 Å². The molecule has 0 fully saturated rings. The van der Waals surface area contributed by atoms with Crippen LogP contribution in [-0.2, 0) is 15.9 Å². The summed E-state index contributed by atoms with van der Waals surface area (Å²) in [5, 5.41) is 0. The summed E-state index contributed by atoms with van der Waals surface area (Å²) in [5.74, 6) is 1.05.